The number of hydrogen-bond acceptors (Lipinski definition) is 3. The van der Waals surface area contributed by atoms with Gasteiger partial charge in [-0.3, -0.25) is 0 Å². The van der Waals surface area contributed by atoms with Crippen LogP contribution in [0.3, 0.4) is 0 Å². The van der Waals surface area contributed by atoms with Crippen molar-refractivity contribution in [2.45, 2.75) is 32.5 Å². The summed E-state index contributed by atoms with van der Waals surface area (Å²) in [6.45, 7) is 4.10. The van der Waals surface area contributed by atoms with Crippen LogP contribution in [0.5, 0.6) is 5.75 Å². The molecule has 1 unspecified atom stereocenters. The first-order valence-electron chi connectivity index (χ1n) is 6.25. The predicted molar refractivity (Wildman–Crippen MR) is 73.1 cm³/mol. The Hall–Kier alpha value is -1.39. The van der Waals surface area contributed by atoms with Gasteiger partial charge in [0.25, 0.3) is 0 Å². The molecular weight excluding hydrogens is 263 g/mol. The van der Waals surface area contributed by atoms with E-state index in [4.69, 9.17) is 4.74 Å². The second-order valence-electron chi connectivity index (χ2n) is 4.91. The lowest BCUT2D eigenvalue weighted by Crippen LogP contribution is -2.19. The minimum atomic E-state index is -0.603. The monoisotopic (exact) mass is 278 g/mol. The number of benzene rings is 1. The predicted octanol–water partition coefficient (Wildman–Crippen LogP) is 4.06. The van der Waals surface area contributed by atoms with E-state index in [1.54, 1.807) is 17.4 Å². The van der Waals surface area contributed by atoms with E-state index >= 15 is 0 Å². The van der Waals surface area contributed by atoms with Crippen LogP contribution in [0.2, 0.25) is 0 Å². The molecule has 0 bridgehead atoms. The van der Waals surface area contributed by atoms with E-state index in [1.807, 2.05) is 13.8 Å². The minimum absolute atomic E-state index is 0.200. The fraction of sp³-hybridized carbons (Fsp3) is 0.333. The van der Waals surface area contributed by atoms with Gasteiger partial charge in [-0.25, -0.2) is 4.39 Å². The molecule has 0 fully saturated rings. The zero-order valence-electron chi connectivity index (χ0n) is 10.8. The van der Waals surface area contributed by atoms with E-state index in [-0.39, 0.29) is 11.9 Å². The Balaban J connectivity index is 1.98. The van der Waals surface area contributed by atoms with Crippen molar-refractivity contribution in [2.75, 3.05) is 0 Å². The van der Waals surface area contributed by atoms with Gasteiger partial charge in [-0.1, -0.05) is 0 Å². The number of halogens is 1. The molecule has 0 saturated carbocycles. The van der Waals surface area contributed by atoms with Crippen LogP contribution in [0.4, 0.5) is 4.39 Å². The Bertz CT molecular complexity index is 621. The minimum Gasteiger partial charge on any atom is -0.485 e. The number of aryl methyl sites for hydroxylation is 2. The van der Waals surface area contributed by atoms with Gasteiger partial charge in [0.15, 0.2) is 0 Å². The molecular formula is C15H15FO2S. The Morgan fingerprint density at radius 1 is 1.26 bits per heavy atom. The molecule has 19 heavy (non-hydrogen) atoms. The lowest BCUT2D eigenvalue weighted by Gasteiger charge is -2.29. The average molecular weight is 278 g/mol. The van der Waals surface area contributed by atoms with Crippen LogP contribution >= 0.6 is 11.3 Å². The summed E-state index contributed by atoms with van der Waals surface area (Å²) in [7, 11) is 0. The highest BCUT2D eigenvalue weighted by Gasteiger charge is 2.29. The van der Waals surface area contributed by atoms with E-state index in [0.717, 1.165) is 5.56 Å². The third-order valence-corrected chi connectivity index (χ3v) is 4.45. The van der Waals surface area contributed by atoms with Crippen molar-refractivity contribution < 1.29 is 14.2 Å². The first-order valence-corrected chi connectivity index (χ1v) is 7.07. The highest BCUT2D eigenvalue weighted by atomic mass is 32.1. The van der Waals surface area contributed by atoms with Gasteiger partial charge in [0, 0.05) is 33.4 Å². The maximum atomic E-state index is 13.3. The first kappa shape index (κ1) is 12.6. The van der Waals surface area contributed by atoms with Gasteiger partial charge in [0.2, 0.25) is 0 Å². The third-order valence-electron chi connectivity index (χ3n) is 3.47. The third kappa shape index (κ3) is 2.26. The van der Waals surface area contributed by atoms with E-state index in [9.17, 15) is 9.50 Å². The lowest BCUT2D eigenvalue weighted by atomic mass is 9.95. The van der Waals surface area contributed by atoms with Gasteiger partial charge in [-0.05, 0) is 32.0 Å². The Kier molecular flexibility index (Phi) is 3.07. The summed E-state index contributed by atoms with van der Waals surface area (Å²) in [6, 6.07) is 6.38. The van der Waals surface area contributed by atoms with Gasteiger partial charge in [0.05, 0.1) is 6.10 Å². The summed E-state index contributed by atoms with van der Waals surface area (Å²) < 4.78 is 19.1. The van der Waals surface area contributed by atoms with Gasteiger partial charge in [-0.15, -0.1) is 11.3 Å². The molecule has 1 N–H and O–H groups in total. The molecule has 0 radical (unpaired) electrons. The summed E-state index contributed by atoms with van der Waals surface area (Å²) >= 11 is 1.71. The van der Waals surface area contributed by atoms with Crippen molar-refractivity contribution in [2.24, 2.45) is 0 Å². The highest BCUT2D eigenvalue weighted by Crippen LogP contribution is 2.42. The second kappa shape index (κ2) is 4.62. The molecule has 0 saturated heterocycles. The number of ether oxygens (including phenoxy) is 1. The zero-order chi connectivity index (χ0) is 13.6. The zero-order valence-corrected chi connectivity index (χ0v) is 11.6. The molecule has 3 rings (SSSR count). The summed E-state index contributed by atoms with van der Waals surface area (Å²) in [5, 5.41) is 10.2. The number of hydrogen-bond donors (Lipinski definition) is 1. The summed E-state index contributed by atoms with van der Waals surface area (Å²) in [4.78, 5) is 2.41. The molecule has 1 aliphatic rings. The molecule has 2 heterocycles. The van der Waals surface area contributed by atoms with Gasteiger partial charge >= 0.3 is 0 Å². The largest absolute Gasteiger partial charge is 0.485 e. The highest BCUT2D eigenvalue weighted by molar-refractivity contribution is 7.12. The van der Waals surface area contributed by atoms with Gasteiger partial charge in [-0.2, -0.15) is 0 Å². The van der Waals surface area contributed by atoms with Crippen LogP contribution in [0, 0.1) is 19.7 Å². The fourth-order valence-electron chi connectivity index (χ4n) is 2.58. The number of aliphatic hydroxyl groups is 1. The van der Waals surface area contributed by atoms with Crippen LogP contribution in [0.1, 0.15) is 39.5 Å². The maximum absolute atomic E-state index is 13.3. The Morgan fingerprint density at radius 2 is 2.05 bits per heavy atom. The van der Waals surface area contributed by atoms with Crippen LogP contribution in [-0.2, 0) is 0 Å². The lowest BCUT2D eigenvalue weighted by molar-refractivity contribution is 0.0653. The van der Waals surface area contributed by atoms with Crippen LogP contribution in [0.15, 0.2) is 24.3 Å². The number of fused-ring (bicyclic) bond motifs is 1. The van der Waals surface area contributed by atoms with E-state index in [2.05, 4.69) is 6.07 Å². The van der Waals surface area contributed by atoms with Crippen molar-refractivity contribution in [3.8, 4) is 5.75 Å². The maximum Gasteiger partial charge on any atom is 0.128 e. The fourth-order valence-corrected chi connectivity index (χ4v) is 3.55. The van der Waals surface area contributed by atoms with Gasteiger partial charge in [0.1, 0.15) is 17.7 Å². The molecule has 2 aromatic rings. The van der Waals surface area contributed by atoms with Crippen molar-refractivity contribution in [3.05, 3.63) is 51.0 Å². The molecule has 100 valence electrons. The second-order valence-corrected chi connectivity index (χ2v) is 6.37. The number of rotatable bonds is 1. The van der Waals surface area contributed by atoms with Crippen LogP contribution in [-0.4, -0.2) is 5.11 Å². The van der Waals surface area contributed by atoms with E-state index in [1.165, 1.54) is 21.9 Å². The molecule has 1 aromatic carbocycles. The molecule has 2 nitrogen and oxygen atoms in total. The molecule has 4 heteroatoms. The summed E-state index contributed by atoms with van der Waals surface area (Å²) in [5.74, 6) is 0.108. The van der Waals surface area contributed by atoms with E-state index in [0.29, 0.717) is 17.7 Å². The summed E-state index contributed by atoms with van der Waals surface area (Å²) in [6.07, 6.45) is -0.293. The van der Waals surface area contributed by atoms with Crippen molar-refractivity contribution in [3.63, 3.8) is 0 Å². The van der Waals surface area contributed by atoms with Crippen molar-refractivity contribution in [1.29, 1.82) is 0 Å². The smallest absolute Gasteiger partial charge is 0.128 e. The molecule has 2 atom stereocenters. The van der Waals surface area contributed by atoms with Gasteiger partial charge < -0.3 is 9.84 Å². The molecule has 0 amide bonds. The average Bonchev–Trinajstić information content (AvgIpc) is 2.67. The molecule has 0 spiro atoms. The number of aliphatic hydroxyl groups excluding tert-OH is 1. The van der Waals surface area contributed by atoms with Crippen LogP contribution in [0.25, 0.3) is 0 Å². The van der Waals surface area contributed by atoms with E-state index < -0.39 is 6.10 Å². The van der Waals surface area contributed by atoms with Crippen LogP contribution < -0.4 is 4.74 Å². The van der Waals surface area contributed by atoms with Crippen molar-refractivity contribution in [1.82, 2.24) is 0 Å². The quantitative estimate of drug-likeness (QED) is 0.852. The molecule has 0 aliphatic carbocycles. The summed E-state index contributed by atoms with van der Waals surface area (Å²) in [5.41, 5.74) is 1.76. The standard InChI is InChI=1S/C15H15FO2S/c1-8-5-12(9(2)19-8)15-7-13(17)11-4-3-10(16)6-14(11)18-15/h3-6,13,15,17H,7H2,1-2H3/t13-,15?/m1/s1. The topological polar surface area (TPSA) is 29.5 Å². The Morgan fingerprint density at radius 3 is 2.74 bits per heavy atom. The first-order chi connectivity index (χ1) is 9.04. The molecule has 1 aliphatic heterocycles. The van der Waals surface area contributed by atoms with Crippen molar-refractivity contribution >= 4 is 11.3 Å². The Labute approximate surface area is 115 Å². The normalized spacial score (nSPS) is 21.9. The number of thiophene rings is 1. The molecule has 1 aromatic heterocycles. The SMILES string of the molecule is Cc1cc(C2C[C@@H](O)c3ccc(F)cc3O2)c(C)s1.